The lowest BCUT2D eigenvalue weighted by Gasteiger charge is -2.15. The molecule has 3 heteroatoms. The van der Waals surface area contributed by atoms with Crippen LogP contribution in [0.4, 0.5) is 0 Å². The van der Waals surface area contributed by atoms with E-state index >= 15 is 0 Å². The van der Waals surface area contributed by atoms with E-state index in [1.54, 1.807) is 6.92 Å². The Labute approximate surface area is 99.0 Å². The van der Waals surface area contributed by atoms with Crippen molar-refractivity contribution in [1.82, 2.24) is 5.32 Å². The second kappa shape index (κ2) is 8.31. The molecule has 3 nitrogen and oxygen atoms in total. The van der Waals surface area contributed by atoms with Gasteiger partial charge in [-0.15, -0.1) is 0 Å². The van der Waals surface area contributed by atoms with Crippen LogP contribution in [-0.4, -0.2) is 18.2 Å². The number of ketones is 1. The molecule has 0 aromatic heterocycles. The molecule has 1 unspecified atom stereocenters. The fraction of sp³-hybridized carbons (Fsp3) is 0.846. The van der Waals surface area contributed by atoms with Crippen molar-refractivity contribution in [2.75, 3.05) is 6.54 Å². The monoisotopic (exact) mass is 227 g/mol. The van der Waals surface area contributed by atoms with E-state index in [2.05, 4.69) is 19.2 Å². The summed E-state index contributed by atoms with van der Waals surface area (Å²) in [5.74, 6) is 1.10. The number of hydrogen-bond donors (Lipinski definition) is 1. The Bertz CT molecular complexity index is 224. The normalized spacial score (nSPS) is 12.6. The van der Waals surface area contributed by atoms with Crippen LogP contribution in [-0.2, 0) is 9.59 Å². The largest absolute Gasteiger partial charge is 0.356 e. The molecule has 0 heterocycles. The van der Waals surface area contributed by atoms with Gasteiger partial charge in [0.05, 0.1) is 0 Å². The van der Waals surface area contributed by atoms with E-state index in [4.69, 9.17) is 0 Å². The van der Waals surface area contributed by atoms with Crippen molar-refractivity contribution in [3.8, 4) is 0 Å². The molecule has 0 fully saturated rings. The fourth-order valence-electron chi connectivity index (χ4n) is 1.84. The lowest BCUT2D eigenvalue weighted by atomic mass is 9.89. The number of nitrogens with one attached hydrogen (secondary N) is 1. The number of rotatable bonds is 8. The molecule has 0 aromatic rings. The van der Waals surface area contributed by atoms with Crippen molar-refractivity contribution >= 4 is 11.7 Å². The van der Waals surface area contributed by atoms with Gasteiger partial charge in [0.25, 0.3) is 0 Å². The molecule has 1 amide bonds. The van der Waals surface area contributed by atoms with Crippen molar-refractivity contribution in [1.29, 1.82) is 0 Å². The third kappa shape index (κ3) is 8.45. The van der Waals surface area contributed by atoms with Crippen LogP contribution in [0, 0.1) is 11.8 Å². The van der Waals surface area contributed by atoms with Crippen molar-refractivity contribution in [2.45, 2.75) is 53.4 Å². The van der Waals surface area contributed by atoms with E-state index in [1.165, 1.54) is 6.92 Å². The van der Waals surface area contributed by atoms with Crippen LogP contribution in [0.3, 0.4) is 0 Å². The molecule has 0 spiro atoms. The molecule has 0 saturated heterocycles. The Hall–Kier alpha value is -0.860. The maximum atomic E-state index is 11.4. The summed E-state index contributed by atoms with van der Waals surface area (Å²) in [7, 11) is 0. The Morgan fingerprint density at radius 3 is 2.19 bits per heavy atom. The first-order valence-electron chi connectivity index (χ1n) is 6.18. The van der Waals surface area contributed by atoms with Gasteiger partial charge in [0.15, 0.2) is 0 Å². The first-order valence-corrected chi connectivity index (χ1v) is 6.18. The Kier molecular flexibility index (Phi) is 7.86. The smallest absolute Gasteiger partial charge is 0.216 e. The number of unbranched alkanes of at least 4 members (excludes halogenated alkanes) is 1. The van der Waals surface area contributed by atoms with Gasteiger partial charge in [-0.1, -0.05) is 20.3 Å². The van der Waals surface area contributed by atoms with Crippen LogP contribution in [0.25, 0.3) is 0 Å². The molecule has 1 atom stereocenters. The van der Waals surface area contributed by atoms with Crippen molar-refractivity contribution < 1.29 is 9.59 Å². The number of carbonyl (C=O) groups excluding carboxylic acids is 2. The predicted molar refractivity (Wildman–Crippen MR) is 66.2 cm³/mol. The van der Waals surface area contributed by atoms with E-state index in [9.17, 15) is 9.59 Å². The minimum Gasteiger partial charge on any atom is -0.356 e. The quantitative estimate of drug-likeness (QED) is 0.648. The standard InChI is InChI=1S/C13H25NO2/c1-10(2)9-13(11(3)15)7-5-6-8-14-12(4)16/h10,13H,5-9H2,1-4H3,(H,14,16). The number of amides is 1. The van der Waals surface area contributed by atoms with E-state index in [0.717, 1.165) is 32.2 Å². The average molecular weight is 227 g/mol. The Morgan fingerprint density at radius 2 is 1.75 bits per heavy atom. The molecule has 0 saturated carbocycles. The van der Waals surface area contributed by atoms with Crippen LogP contribution < -0.4 is 5.32 Å². The van der Waals surface area contributed by atoms with E-state index in [-0.39, 0.29) is 11.8 Å². The minimum absolute atomic E-state index is 0.0188. The highest BCUT2D eigenvalue weighted by atomic mass is 16.1. The molecule has 94 valence electrons. The van der Waals surface area contributed by atoms with Gasteiger partial charge in [-0.2, -0.15) is 0 Å². The van der Waals surface area contributed by atoms with Gasteiger partial charge in [0, 0.05) is 19.4 Å². The van der Waals surface area contributed by atoms with Crippen molar-refractivity contribution in [3.05, 3.63) is 0 Å². The SMILES string of the molecule is CC(=O)NCCCCC(CC(C)C)C(C)=O. The van der Waals surface area contributed by atoms with Crippen molar-refractivity contribution in [2.24, 2.45) is 11.8 Å². The van der Waals surface area contributed by atoms with Crippen LogP contribution >= 0.6 is 0 Å². The number of carbonyl (C=O) groups is 2. The summed E-state index contributed by atoms with van der Waals surface area (Å²) >= 11 is 0. The van der Waals surface area contributed by atoms with Gasteiger partial charge in [-0.3, -0.25) is 9.59 Å². The summed E-state index contributed by atoms with van der Waals surface area (Å²) in [6.07, 6.45) is 3.90. The Morgan fingerprint density at radius 1 is 1.12 bits per heavy atom. The zero-order chi connectivity index (χ0) is 12.6. The third-order valence-electron chi connectivity index (χ3n) is 2.68. The second-order valence-corrected chi connectivity index (χ2v) is 4.92. The highest BCUT2D eigenvalue weighted by molar-refractivity contribution is 5.78. The number of hydrogen-bond acceptors (Lipinski definition) is 2. The molecule has 1 N–H and O–H groups in total. The lowest BCUT2D eigenvalue weighted by Crippen LogP contribution is -2.21. The van der Waals surface area contributed by atoms with Gasteiger partial charge in [-0.05, 0) is 32.1 Å². The van der Waals surface area contributed by atoms with Crippen molar-refractivity contribution in [3.63, 3.8) is 0 Å². The van der Waals surface area contributed by atoms with Gasteiger partial charge in [0.2, 0.25) is 5.91 Å². The highest BCUT2D eigenvalue weighted by Gasteiger charge is 2.15. The summed E-state index contributed by atoms with van der Waals surface area (Å²) in [5.41, 5.74) is 0. The van der Waals surface area contributed by atoms with E-state index in [1.807, 2.05) is 0 Å². The average Bonchev–Trinajstić information content (AvgIpc) is 2.14. The van der Waals surface area contributed by atoms with Gasteiger partial charge < -0.3 is 5.32 Å². The molecular weight excluding hydrogens is 202 g/mol. The molecule has 0 rings (SSSR count). The fourth-order valence-corrected chi connectivity index (χ4v) is 1.84. The van der Waals surface area contributed by atoms with E-state index in [0.29, 0.717) is 11.7 Å². The topological polar surface area (TPSA) is 46.2 Å². The minimum atomic E-state index is 0.0188. The highest BCUT2D eigenvalue weighted by Crippen LogP contribution is 2.18. The third-order valence-corrected chi connectivity index (χ3v) is 2.68. The maximum Gasteiger partial charge on any atom is 0.216 e. The summed E-state index contributed by atoms with van der Waals surface area (Å²) in [6.45, 7) is 8.22. The molecule has 0 radical (unpaired) electrons. The lowest BCUT2D eigenvalue weighted by molar-refractivity contribution is -0.121. The summed E-state index contributed by atoms with van der Waals surface area (Å²) in [5, 5.41) is 2.77. The van der Waals surface area contributed by atoms with E-state index < -0.39 is 0 Å². The molecule has 0 aliphatic carbocycles. The van der Waals surface area contributed by atoms with Crippen LogP contribution in [0.5, 0.6) is 0 Å². The molecular formula is C13H25NO2. The zero-order valence-corrected chi connectivity index (χ0v) is 11.0. The summed E-state index contributed by atoms with van der Waals surface area (Å²) in [6, 6.07) is 0. The van der Waals surface area contributed by atoms with Crippen LogP contribution in [0.2, 0.25) is 0 Å². The van der Waals surface area contributed by atoms with Gasteiger partial charge in [0.1, 0.15) is 5.78 Å². The van der Waals surface area contributed by atoms with Gasteiger partial charge >= 0.3 is 0 Å². The maximum absolute atomic E-state index is 11.4. The zero-order valence-electron chi connectivity index (χ0n) is 11.0. The molecule has 0 aliphatic heterocycles. The first kappa shape index (κ1) is 15.1. The Balaban J connectivity index is 3.68. The van der Waals surface area contributed by atoms with Crippen LogP contribution in [0.1, 0.15) is 53.4 Å². The van der Waals surface area contributed by atoms with Crippen LogP contribution in [0.15, 0.2) is 0 Å². The molecule has 0 aromatic carbocycles. The second-order valence-electron chi connectivity index (χ2n) is 4.92. The first-order chi connectivity index (χ1) is 7.43. The predicted octanol–water partition coefficient (Wildman–Crippen LogP) is 2.54. The molecule has 16 heavy (non-hydrogen) atoms. The summed E-state index contributed by atoms with van der Waals surface area (Å²) in [4.78, 5) is 22.0. The number of Topliss-reactive ketones (excluding diaryl/α,β-unsaturated/α-hetero) is 1. The molecule has 0 aliphatic rings. The molecule has 0 bridgehead atoms. The van der Waals surface area contributed by atoms with Gasteiger partial charge in [-0.25, -0.2) is 0 Å². The summed E-state index contributed by atoms with van der Waals surface area (Å²) < 4.78 is 0.